The number of amides is 1. The van der Waals surface area contributed by atoms with E-state index in [1.165, 1.54) is 0 Å². The van der Waals surface area contributed by atoms with Crippen LogP contribution >= 0.6 is 0 Å². The van der Waals surface area contributed by atoms with Gasteiger partial charge in [-0.05, 0) is 31.2 Å². The summed E-state index contributed by atoms with van der Waals surface area (Å²) in [6.45, 7) is 1.81. The number of para-hydroxylation sites is 1. The number of fused-ring (bicyclic) bond motifs is 1. The van der Waals surface area contributed by atoms with Gasteiger partial charge in [-0.2, -0.15) is 0 Å². The number of nitrogens with one attached hydrogen (secondary N) is 1. The summed E-state index contributed by atoms with van der Waals surface area (Å²) < 4.78 is 26.8. The number of benzene rings is 2. The molecule has 1 aliphatic rings. The second-order valence-electron chi connectivity index (χ2n) is 6.04. The molecule has 28 heavy (non-hydrogen) atoms. The van der Waals surface area contributed by atoms with Crippen molar-refractivity contribution in [2.24, 2.45) is 0 Å². The Bertz CT molecular complexity index is 1000. The lowest BCUT2D eigenvalue weighted by molar-refractivity contribution is -0.122. The molecule has 0 radical (unpaired) electrons. The summed E-state index contributed by atoms with van der Waals surface area (Å²) in [6.07, 6.45) is -0.764. The van der Waals surface area contributed by atoms with Gasteiger partial charge in [0, 0.05) is 17.7 Å². The predicted octanol–water partition coefficient (Wildman–Crippen LogP) is 3.48. The smallest absolute Gasteiger partial charge is 0.267 e. The van der Waals surface area contributed by atoms with Crippen LogP contribution in [0.5, 0.6) is 23.0 Å². The summed E-state index contributed by atoms with van der Waals surface area (Å²) in [5.41, 5.74) is 1.32. The van der Waals surface area contributed by atoms with Crippen LogP contribution in [0.15, 0.2) is 53.1 Å². The molecule has 1 aromatic heterocycles. The molecular weight excluding hydrogens is 364 g/mol. The lowest BCUT2D eigenvalue weighted by Crippen LogP contribution is -2.29. The molecule has 8 nitrogen and oxygen atoms in total. The van der Waals surface area contributed by atoms with Crippen molar-refractivity contribution in [3.8, 4) is 34.3 Å². The number of hydrogen-bond donors (Lipinski definition) is 1. The summed E-state index contributed by atoms with van der Waals surface area (Å²) in [5.74, 6) is 2.23. The number of anilines is 1. The Morgan fingerprint density at radius 1 is 1.14 bits per heavy atom. The third kappa shape index (κ3) is 3.57. The standard InChI is InChI=1S/C20H18N2O6/c1-12(27-13-7-8-17-18(9-13)26-11-25-17)20(23)21-19-10-15(22-28-19)14-5-3-4-6-16(14)24-2/h3-10,12H,11H2,1-2H3,(H,21,23). The number of carbonyl (C=O) groups is 1. The first-order chi connectivity index (χ1) is 13.6. The maximum Gasteiger partial charge on any atom is 0.267 e. The molecule has 0 aliphatic carbocycles. The highest BCUT2D eigenvalue weighted by atomic mass is 16.7. The van der Waals surface area contributed by atoms with E-state index in [9.17, 15) is 4.79 Å². The Balaban J connectivity index is 1.41. The van der Waals surface area contributed by atoms with Gasteiger partial charge in [-0.15, -0.1) is 0 Å². The van der Waals surface area contributed by atoms with Gasteiger partial charge in [0.05, 0.1) is 7.11 Å². The first-order valence-corrected chi connectivity index (χ1v) is 8.61. The Morgan fingerprint density at radius 3 is 2.82 bits per heavy atom. The quantitative estimate of drug-likeness (QED) is 0.698. The summed E-state index contributed by atoms with van der Waals surface area (Å²) in [4.78, 5) is 12.4. The van der Waals surface area contributed by atoms with Crippen LogP contribution in [0.3, 0.4) is 0 Å². The maximum atomic E-state index is 12.4. The predicted molar refractivity (Wildman–Crippen MR) is 99.8 cm³/mol. The molecule has 4 rings (SSSR count). The molecule has 2 heterocycles. The fourth-order valence-electron chi connectivity index (χ4n) is 2.75. The van der Waals surface area contributed by atoms with Gasteiger partial charge >= 0.3 is 0 Å². The van der Waals surface area contributed by atoms with Crippen LogP contribution in [0.4, 0.5) is 5.88 Å². The van der Waals surface area contributed by atoms with Gasteiger partial charge in [-0.25, -0.2) is 0 Å². The highest BCUT2D eigenvalue weighted by Gasteiger charge is 2.20. The molecule has 0 bridgehead atoms. The van der Waals surface area contributed by atoms with Crippen molar-refractivity contribution in [3.05, 3.63) is 48.5 Å². The van der Waals surface area contributed by atoms with E-state index in [0.29, 0.717) is 28.7 Å². The second kappa shape index (κ2) is 7.51. The van der Waals surface area contributed by atoms with Crippen LogP contribution in [0.2, 0.25) is 0 Å². The van der Waals surface area contributed by atoms with Crippen LogP contribution in [0.1, 0.15) is 6.92 Å². The number of ether oxygens (including phenoxy) is 4. The van der Waals surface area contributed by atoms with E-state index < -0.39 is 6.10 Å². The first-order valence-electron chi connectivity index (χ1n) is 8.61. The lowest BCUT2D eigenvalue weighted by atomic mass is 10.1. The molecule has 8 heteroatoms. The van der Waals surface area contributed by atoms with Crippen LogP contribution in [0, 0.1) is 0 Å². The molecule has 1 unspecified atom stereocenters. The van der Waals surface area contributed by atoms with E-state index in [0.717, 1.165) is 5.56 Å². The second-order valence-corrected chi connectivity index (χ2v) is 6.04. The molecule has 1 atom stereocenters. The average molecular weight is 382 g/mol. The van der Waals surface area contributed by atoms with Gasteiger partial charge in [0.25, 0.3) is 5.91 Å². The Kier molecular flexibility index (Phi) is 4.76. The molecule has 0 spiro atoms. The minimum atomic E-state index is -0.764. The fraction of sp³-hybridized carbons (Fsp3) is 0.200. The Hall–Kier alpha value is -3.68. The van der Waals surface area contributed by atoms with Crippen molar-refractivity contribution in [3.63, 3.8) is 0 Å². The molecule has 1 amide bonds. The molecule has 144 valence electrons. The Labute approximate surface area is 160 Å². The normalized spacial score (nSPS) is 13.1. The van der Waals surface area contributed by atoms with Gasteiger partial charge in [0.15, 0.2) is 17.6 Å². The summed E-state index contributed by atoms with van der Waals surface area (Å²) in [7, 11) is 1.58. The van der Waals surface area contributed by atoms with E-state index in [2.05, 4.69) is 10.5 Å². The summed E-state index contributed by atoms with van der Waals surface area (Å²) >= 11 is 0. The van der Waals surface area contributed by atoms with E-state index in [1.807, 2.05) is 24.3 Å². The summed E-state index contributed by atoms with van der Waals surface area (Å²) in [6, 6.07) is 14.2. The van der Waals surface area contributed by atoms with Gasteiger partial charge in [0.2, 0.25) is 12.7 Å². The highest BCUT2D eigenvalue weighted by Crippen LogP contribution is 2.35. The minimum absolute atomic E-state index is 0.175. The van der Waals surface area contributed by atoms with Crippen molar-refractivity contribution in [1.82, 2.24) is 5.16 Å². The van der Waals surface area contributed by atoms with Crippen molar-refractivity contribution >= 4 is 11.8 Å². The molecule has 0 fully saturated rings. The lowest BCUT2D eigenvalue weighted by Gasteiger charge is -2.13. The first kappa shape index (κ1) is 17.7. The molecule has 2 aromatic carbocycles. The van der Waals surface area contributed by atoms with Crippen molar-refractivity contribution < 1.29 is 28.3 Å². The van der Waals surface area contributed by atoms with E-state index in [4.69, 9.17) is 23.5 Å². The highest BCUT2D eigenvalue weighted by molar-refractivity contribution is 5.93. The topological polar surface area (TPSA) is 92.1 Å². The number of methoxy groups -OCH3 is 1. The van der Waals surface area contributed by atoms with E-state index in [-0.39, 0.29) is 18.6 Å². The molecular formula is C20H18N2O6. The van der Waals surface area contributed by atoms with Gasteiger partial charge in [0.1, 0.15) is 17.2 Å². The number of carbonyl (C=O) groups excluding carboxylic acids is 1. The van der Waals surface area contributed by atoms with Crippen LogP contribution in [-0.4, -0.2) is 31.1 Å². The number of hydrogen-bond acceptors (Lipinski definition) is 7. The zero-order valence-corrected chi connectivity index (χ0v) is 15.3. The number of rotatable bonds is 6. The molecule has 1 N–H and O–H groups in total. The molecule has 0 saturated heterocycles. The van der Waals surface area contributed by atoms with Crippen molar-refractivity contribution in [2.75, 3.05) is 19.2 Å². The van der Waals surface area contributed by atoms with Gasteiger partial charge < -0.3 is 23.5 Å². The zero-order chi connectivity index (χ0) is 19.5. The minimum Gasteiger partial charge on any atom is -0.496 e. The van der Waals surface area contributed by atoms with Crippen LogP contribution in [0.25, 0.3) is 11.3 Å². The third-order valence-electron chi connectivity index (χ3n) is 4.17. The van der Waals surface area contributed by atoms with Gasteiger partial charge in [-0.3, -0.25) is 10.1 Å². The molecule has 0 saturated carbocycles. The fourth-order valence-corrected chi connectivity index (χ4v) is 2.75. The largest absolute Gasteiger partial charge is 0.496 e. The Morgan fingerprint density at radius 2 is 1.96 bits per heavy atom. The average Bonchev–Trinajstić information content (AvgIpc) is 3.36. The SMILES string of the molecule is COc1ccccc1-c1cc(NC(=O)C(C)Oc2ccc3c(c2)OCO3)on1. The molecule has 3 aromatic rings. The summed E-state index contributed by atoms with van der Waals surface area (Å²) in [5, 5.41) is 6.64. The third-order valence-corrected chi connectivity index (χ3v) is 4.17. The van der Waals surface area contributed by atoms with E-state index >= 15 is 0 Å². The molecule has 1 aliphatic heterocycles. The monoisotopic (exact) mass is 382 g/mol. The number of aromatic nitrogens is 1. The van der Waals surface area contributed by atoms with Gasteiger partial charge in [-0.1, -0.05) is 17.3 Å². The van der Waals surface area contributed by atoms with Crippen LogP contribution < -0.4 is 24.3 Å². The van der Waals surface area contributed by atoms with E-state index in [1.54, 1.807) is 38.3 Å². The van der Waals surface area contributed by atoms with Crippen molar-refractivity contribution in [2.45, 2.75) is 13.0 Å². The van der Waals surface area contributed by atoms with Crippen LogP contribution in [-0.2, 0) is 4.79 Å². The number of nitrogens with zero attached hydrogens (tertiary/aromatic N) is 1. The zero-order valence-electron chi connectivity index (χ0n) is 15.3. The maximum absolute atomic E-state index is 12.4. The van der Waals surface area contributed by atoms with Crippen molar-refractivity contribution in [1.29, 1.82) is 0 Å².